The Morgan fingerprint density at radius 2 is 1.41 bits per heavy atom. The molecule has 0 bridgehead atoms. The molecule has 0 N–H and O–H groups in total. The van der Waals surface area contributed by atoms with Crippen molar-refractivity contribution < 1.29 is 0 Å². The van der Waals surface area contributed by atoms with Gasteiger partial charge in [0, 0.05) is 21.4 Å². The first kappa shape index (κ1) is 10.2. The number of fused-ring (bicyclic) bond motifs is 2. The molecule has 0 amide bonds. The third kappa shape index (κ3) is 1.65. The second kappa shape index (κ2) is 4.12. The van der Waals surface area contributed by atoms with E-state index >= 15 is 0 Å². The molecule has 0 aromatic heterocycles. The van der Waals surface area contributed by atoms with Crippen molar-refractivity contribution in [2.24, 2.45) is 0 Å². The van der Waals surface area contributed by atoms with Gasteiger partial charge in [0.1, 0.15) is 0 Å². The van der Waals surface area contributed by atoms with Crippen LogP contribution in [0.3, 0.4) is 0 Å². The van der Waals surface area contributed by atoms with Crippen LogP contribution in [0, 0.1) is 11.3 Å². The van der Waals surface area contributed by atoms with Crippen LogP contribution in [0.15, 0.2) is 64.4 Å². The second-order valence-electron chi connectivity index (χ2n) is 3.78. The molecule has 1 aliphatic rings. The van der Waals surface area contributed by atoms with Gasteiger partial charge in [0.15, 0.2) is 0 Å². The van der Waals surface area contributed by atoms with Crippen molar-refractivity contribution in [3.8, 4) is 6.07 Å². The summed E-state index contributed by atoms with van der Waals surface area (Å²) in [7, 11) is 0. The maximum absolute atomic E-state index is 8.94. The fraction of sp³-hybridized carbons (Fsp3) is 0. The third-order valence-electron chi connectivity index (χ3n) is 2.78. The van der Waals surface area contributed by atoms with Crippen LogP contribution in [0.25, 0.3) is 5.57 Å². The zero-order chi connectivity index (χ0) is 11.7. The molecule has 0 fully saturated rings. The van der Waals surface area contributed by atoms with Crippen LogP contribution in [-0.2, 0) is 0 Å². The van der Waals surface area contributed by atoms with Crippen molar-refractivity contribution >= 4 is 17.3 Å². The standard InChI is InChI=1S/C15H9NS/c16-10-9-11-12-5-1-3-7-14(12)17-15-8-4-2-6-13(11)15/h1-9H. The van der Waals surface area contributed by atoms with Gasteiger partial charge in [-0.3, -0.25) is 0 Å². The molecule has 0 aliphatic carbocycles. The number of hydrogen-bond acceptors (Lipinski definition) is 2. The van der Waals surface area contributed by atoms with Crippen molar-refractivity contribution in [1.82, 2.24) is 0 Å². The van der Waals surface area contributed by atoms with Crippen molar-refractivity contribution in [2.75, 3.05) is 0 Å². The van der Waals surface area contributed by atoms with Gasteiger partial charge in [-0.05, 0) is 23.3 Å². The van der Waals surface area contributed by atoms with Crippen LogP contribution in [0.4, 0.5) is 0 Å². The molecule has 17 heavy (non-hydrogen) atoms. The molecule has 0 unspecified atom stereocenters. The first-order valence-corrected chi connectivity index (χ1v) is 6.18. The summed E-state index contributed by atoms with van der Waals surface area (Å²) in [6.45, 7) is 0. The molecular weight excluding hydrogens is 226 g/mol. The van der Waals surface area contributed by atoms with Crippen LogP contribution in [0.2, 0.25) is 0 Å². The third-order valence-corrected chi connectivity index (χ3v) is 3.94. The molecule has 80 valence electrons. The highest BCUT2D eigenvalue weighted by atomic mass is 32.2. The van der Waals surface area contributed by atoms with Gasteiger partial charge in [0.2, 0.25) is 0 Å². The second-order valence-corrected chi connectivity index (χ2v) is 4.87. The minimum atomic E-state index is 1.03. The Bertz CT molecular complexity index is 602. The van der Waals surface area contributed by atoms with E-state index in [-0.39, 0.29) is 0 Å². The van der Waals surface area contributed by atoms with Crippen molar-refractivity contribution in [2.45, 2.75) is 9.79 Å². The Labute approximate surface area is 104 Å². The quantitative estimate of drug-likeness (QED) is 0.547. The largest absolute Gasteiger partial charge is 0.193 e. The van der Waals surface area contributed by atoms with Crippen molar-refractivity contribution in [3.63, 3.8) is 0 Å². The Morgan fingerprint density at radius 3 is 1.94 bits per heavy atom. The summed E-state index contributed by atoms with van der Waals surface area (Å²) >= 11 is 1.76. The van der Waals surface area contributed by atoms with Gasteiger partial charge in [0.25, 0.3) is 0 Å². The van der Waals surface area contributed by atoms with E-state index in [4.69, 9.17) is 5.26 Å². The van der Waals surface area contributed by atoms with E-state index in [0.29, 0.717) is 0 Å². The van der Waals surface area contributed by atoms with E-state index < -0.39 is 0 Å². The van der Waals surface area contributed by atoms with Gasteiger partial charge < -0.3 is 0 Å². The van der Waals surface area contributed by atoms with Crippen LogP contribution in [0.5, 0.6) is 0 Å². The number of nitrogens with zero attached hydrogens (tertiary/aromatic N) is 1. The number of benzene rings is 2. The molecule has 0 saturated carbocycles. The zero-order valence-electron chi connectivity index (χ0n) is 9.05. The number of hydrogen-bond donors (Lipinski definition) is 0. The molecule has 0 radical (unpaired) electrons. The zero-order valence-corrected chi connectivity index (χ0v) is 9.87. The van der Waals surface area contributed by atoms with Crippen LogP contribution >= 0.6 is 11.8 Å². The van der Waals surface area contributed by atoms with Gasteiger partial charge in [-0.1, -0.05) is 48.2 Å². The molecule has 1 aliphatic heterocycles. The Hall–Kier alpha value is -1.98. The fourth-order valence-corrected chi connectivity index (χ4v) is 3.15. The van der Waals surface area contributed by atoms with E-state index in [1.807, 2.05) is 24.3 Å². The van der Waals surface area contributed by atoms with E-state index in [9.17, 15) is 0 Å². The summed E-state index contributed by atoms with van der Waals surface area (Å²) in [4.78, 5) is 2.43. The lowest BCUT2D eigenvalue weighted by Gasteiger charge is -2.20. The molecule has 1 heterocycles. The SMILES string of the molecule is N#CC=C1c2ccccc2Sc2ccccc21. The summed E-state index contributed by atoms with van der Waals surface area (Å²) in [5.41, 5.74) is 3.33. The molecular formula is C15H9NS. The Balaban J connectivity index is 2.29. The average molecular weight is 235 g/mol. The topological polar surface area (TPSA) is 23.8 Å². The molecule has 2 aromatic rings. The van der Waals surface area contributed by atoms with Crippen LogP contribution in [-0.4, -0.2) is 0 Å². The molecule has 0 saturated heterocycles. The van der Waals surface area contributed by atoms with E-state index in [2.05, 4.69) is 30.3 Å². The predicted molar refractivity (Wildman–Crippen MR) is 69.7 cm³/mol. The molecule has 2 heteroatoms. The highest BCUT2D eigenvalue weighted by Crippen LogP contribution is 2.44. The molecule has 3 rings (SSSR count). The van der Waals surface area contributed by atoms with Crippen molar-refractivity contribution in [3.05, 3.63) is 65.7 Å². The number of nitriles is 1. The summed E-state index contributed by atoms with van der Waals surface area (Å²) in [6, 6.07) is 18.6. The monoisotopic (exact) mass is 235 g/mol. The minimum Gasteiger partial charge on any atom is -0.193 e. The van der Waals surface area contributed by atoms with Gasteiger partial charge in [-0.15, -0.1) is 0 Å². The van der Waals surface area contributed by atoms with Gasteiger partial charge in [0.05, 0.1) is 6.07 Å². The van der Waals surface area contributed by atoms with Crippen LogP contribution < -0.4 is 0 Å². The van der Waals surface area contributed by atoms with E-state index in [1.165, 1.54) is 9.79 Å². The molecule has 0 atom stereocenters. The lowest BCUT2D eigenvalue weighted by Crippen LogP contribution is -1.98. The summed E-state index contributed by atoms with van der Waals surface area (Å²) < 4.78 is 0. The lowest BCUT2D eigenvalue weighted by atomic mass is 9.97. The van der Waals surface area contributed by atoms with Crippen molar-refractivity contribution in [1.29, 1.82) is 5.26 Å². The Kier molecular flexibility index (Phi) is 2.47. The number of rotatable bonds is 0. The molecule has 2 aromatic carbocycles. The fourth-order valence-electron chi connectivity index (χ4n) is 2.04. The highest BCUT2D eigenvalue weighted by molar-refractivity contribution is 7.99. The first-order valence-electron chi connectivity index (χ1n) is 5.36. The summed E-state index contributed by atoms with van der Waals surface area (Å²) in [6.07, 6.45) is 1.64. The van der Waals surface area contributed by atoms with E-state index in [1.54, 1.807) is 17.8 Å². The maximum Gasteiger partial charge on any atom is 0.0918 e. The lowest BCUT2D eigenvalue weighted by molar-refractivity contribution is 1.29. The molecule has 0 spiro atoms. The number of allylic oxidation sites excluding steroid dienone is 1. The smallest absolute Gasteiger partial charge is 0.0918 e. The normalized spacial score (nSPS) is 12.3. The summed E-state index contributed by atoms with van der Waals surface area (Å²) in [5, 5.41) is 8.94. The van der Waals surface area contributed by atoms with Gasteiger partial charge in [-0.2, -0.15) is 5.26 Å². The van der Waals surface area contributed by atoms with E-state index in [0.717, 1.165) is 16.7 Å². The molecule has 1 nitrogen and oxygen atoms in total. The van der Waals surface area contributed by atoms with Crippen LogP contribution in [0.1, 0.15) is 11.1 Å². The summed E-state index contributed by atoms with van der Waals surface area (Å²) in [5.74, 6) is 0. The Morgan fingerprint density at radius 1 is 0.882 bits per heavy atom. The maximum atomic E-state index is 8.94. The van der Waals surface area contributed by atoms with Gasteiger partial charge in [-0.25, -0.2) is 0 Å². The minimum absolute atomic E-state index is 1.03. The first-order chi connectivity index (χ1) is 8.40. The average Bonchev–Trinajstić information content (AvgIpc) is 2.39. The predicted octanol–water partition coefficient (Wildman–Crippen LogP) is 4.11. The van der Waals surface area contributed by atoms with Gasteiger partial charge >= 0.3 is 0 Å². The highest BCUT2D eigenvalue weighted by Gasteiger charge is 2.19.